The molecule has 1 atom stereocenters. The molecule has 1 unspecified atom stereocenters. The Morgan fingerprint density at radius 3 is 2.19 bits per heavy atom. The molecule has 0 saturated carbocycles. The molecule has 0 aliphatic rings. The zero-order valence-corrected chi connectivity index (χ0v) is 9.95. The van der Waals surface area contributed by atoms with E-state index in [4.69, 9.17) is 5.11 Å². The number of nitrogens with one attached hydrogen (secondary N) is 1. The van der Waals surface area contributed by atoms with Crippen LogP contribution in [0, 0.1) is 5.92 Å². The lowest BCUT2D eigenvalue weighted by Gasteiger charge is -2.14. The van der Waals surface area contributed by atoms with Gasteiger partial charge in [0.25, 0.3) is 0 Å². The molecule has 0 rings (SSSR count). The molecule has 5 nitrogen and oxygen atoms in total. The minimum atomic E-state index is -1.10. The van der Waals surface area contributed by atoms with Gasteiger partial charge in [0.1, 0.15) is 11.8 Å². The molecule has 0 aliphatic carbocycles. The predicted molar refractivity (Wildman–Crippen MR) is 58.9 cm³/mol. The summed E-state index contributed by atoms with van der Waals surface area (Å²) in [5.41, 5.74) is 0. The van der Waals surface area contributed by atoms with Gasteiger partial charge in [0, 0.05) is 18.8 Å². The quantitative estimate of drug-likeness (QED) is 0.681. The molecule has 0 heterocycles. The van der Waals surface area contributed by atoms with Crippen molar-refractivity contribution in [2.45, 2.75) is 46.1 Å². The first-order valence-electron chi connectivity index (χ1n) is 5.43. The topological polar surface area (TPSA) is 83.5 Å². The number of hydrogen-bond acceptors (Lipinski definition) is 3. The van der Waals surface area contributed by atoms with E-state index in [0.717, 1.165) is 0 Å². The Kier molecular flexibility index (Phi) is 6.37. The van der Waals surface area contributed by atoms with Gasteiger partial charge < -0.3 is 10.4 Å². The molecule has 0 saturated heterocycles. The van der Waals surface area contributed by atoms with E-state index in [1.807, 2.05) is 0 Å². The summed E-state index contributed by atoms with van der Waals surface area (Å²) in [6.07, 6.45) is 0.568. The van der Waals surface area contributed by atoms with E-state index in [9.17, 15) is 14.4 Å². The Morgan fingerprint density at radius 1 is 1.25 bits per heavy atom. The van der Waals surface area contributed by atoms with Gasteiger partial charge in [0.05, 0.1) is 0 Å². The molecule has 0 bridgehead atoms. The highest BCUT2D eigenvalue weighted by Gasteiger charge is 2.20. The summed E-state index contributed by atoms with van der Waals surface area (Å²) >= 11 is 0. The number of carbonyl (C=O) groups is 3. The maximum Gasteiger partial charge on any atom is 0.326 e. The molecule has 2 N–H and O–H groups in total. The van der Waals surface area contributed by atoms with E-state index in [1.54, 1.807) is 20.8 Å². The number of ketones is 1. The Morgan fingerprint density at radius 2 is 1.81 bits per heavy atom. The third kappa shape index (κ3) is 5.48. The summed E-state index contributed by atoms with van der Waals surface area (Å²) in [6.45, 7) is 5.18. The van der Waals surface area contributed by atoms with E-state index < -0.39 is 12.0 Å². The third-order valence-electron chi connectivity index (χ3n) is 2.28. The van der Waals surface area contributed by atoms with Crippen molar-refractivity contribution in [3.8, 4) is 0 Å². The highest BCUT2D eigenvalue weighted by Crippen LogP contribution is 2.05. The van der Waals surface area contributed by atoms with Gasteiger partial charge in [0.2, 0.25) is 5.91 Å². The van der Waals surface area contributed by atoms with E-state index in [-0.39, 0.29) is 36.9 Å². The fraction of sp³-hybridized carbons (Fsp3) is 0.727. The molecule has 0 aromatic carbocycles. The monoisotopic (exact) mass is 229 g/mol. The van der Waals surface area contributed by atoms with Crippen LogP contribution < -0.4 is 5.32 Å². The van der Waals surface area contributed by atoms with Crippen molar-refractivity contribution in [1.29, 1.82) is 0 Å². The fourth-order valence-electron chi connectivity index (χ4n) is 1.13. The SMILES string of the molecule is CCC(=O)NC(CCC(=O)C(C)C)C(=O)O. The first kappa shape index (κ1) is 14.6. The molecule has 0 spiro atoms. The van der Waals surface area contributed by atoms with Crippen LogP contribution in [0.3, 0.4) is 0 Å². The largest absolute Gasteiger partial charge is 0.480 e. The maximum atomic E-state index is 11.3. The Bertz CT molecular complexity index is 273. The normalized spacial score (nSPS) is 12.2. The molecule has 0 radical (unpaired) electrons. The van der Waals surface area contributed by atoms with Crippen LogP contribution in [0.15, 0.2) is 0 Å². The minimum Gasteiger partial charge on any atom is -0.480 e. The van der Waals surface area contributed by atoms with Crippen LogP contribution in [-0.4, -0.2) is 28.8 Å². The standard InChI is InChI=1S/C11H19NO4/c1-4-10(14)12-8(11(15)16)5-6-9(13)7(2)3/h7-8H,4-6H2,1-3H3,(H,12,14)(H,15,16). The van der Waals surface area contributed by atoms with Gasteiger partial charge in [-0.1, -0.05) is 20.8 Å². The smallest absolute Gasteiger partial charge is 0.326 e. The molecule has 0 aromatic rings. The molecule has 5 heteroatoms. The molecule has 92 valence electrons. The molecular weight excluding hydrogens is 210 g/mol. The van der Waals surface area contributed by atoms with Crippen LogP contribution in [-0.2, 0) is 14.4 Å². The van der Waals surface area contributed by atoms with Gasteiger partial charge in [-0.25, -0.2) is 4.79 Å². The minimum absolute atomic E-state index is 0.0111. The van der Waals surface area contributed by atoms with Crippen molar-refractivity contribution in [2.75, 3.05) is 0 Å². The van der Waals surface area contributed by atoms with E-state index in [2.05, 4.69) is 5.32 Å². The Hall–Kier alpha value is -1.39. The second-order valence-corrected chi connectivity index (χ2v) is 3.97. The molecule has 0 fully saturated rings. The number of amides is 1. The average Bonchev–Trinajstić information content (AvgIpc) is 2.22. The van der Waals surface area contributed by atoms with Crippen molar-refractivity contribution in [3.05, 3.63) is 0 Å². The third-order valence-corrected chi connectivity index (χ3v) is 2.28. The number of rotatable bonds is 7. The summed E-state index contributed by atoms with van der Waals surface area (Å²) < 4.78 is 0. The summed E-state index contributed by atoms with van der Waals surface area (Å²) in [5, 5.41) is 11.2. The van der Waals surface area contributed by atoms with Crippen LogP contribution in [0.4, 0.5) is 0 Å². The van der Waals surface area contributed by atoms with Gasteiger partial charge >= 0.3 is 5.97 Å². The van der Waals surface area contributed by atoms with Crippen LogP contribution in [0.25, 0.3) is 0 Å². The zero-order chi connectivity index (χ0) is 12.7. The molecule has 0 aliphatic heterocycles. The van der Waals surface area contributed by atoms with Gasteiger partial charge in [-0.15, -0.1) is 0 Å². The van der Waals surface area contributed by atoms with Gasteiger partial charge in [-0.05, 0) is 6.42 Å². The average molecular weight is 229 g/mol. The van der Waals surface area contributed by atoms with Crippen molar-refractivity contribution in [3.63, 3.8) is 0 Å². The summed E-state index contributed by atoms with van der Waals surface area (Å²) in [6, 6.07) is -0.963. The van der Waals surface area contributed by atoms with Crippen molar-refractivity contribution >= 4 is 17.7 Å². The second-order valence-electron chi connectivity index (χ2n) is 3.97. The van der Waals surface area contributed by atoms with Crippen molar-refractivity contribution in [2.24, 2.45) is 5.92 Å². The van der Waals surface area contributed by atoms with E-state index in [0.29, 0.717) is 0 Å². The lowest BCUT2D eigenvalue weighted by atomic mass is 10.0. The fourth-order valence-corrected chi connectivity index (χ4v) is 1.13. The highest BCUT2D eigenvalue weighted by atomic mass is 16.4. The first-order chi connectivity index (χ1) is 7.38. The van der Waals surface area contributed by atoms with Crippen molar-refractivity contribution in [1.82, 2.24) is 5.32 Å². The summed E-state index contributed by atoms with van der Waals surface area (Å²) in [4.78, 5) is 33.2. The number of carboxylic acid groups (broad SMARTS) is 1. The van der Waals surface area contributed by atoms with Crippen LogP contribution in [0.2, 0.25) is 0 Å². The lowest BCUT2D eigenvalue weighted by Crippen LogP contribution is -2.40. The number of hydrogen-bond donors (Lipinski definition) is 2. The van der Waals surface area contributed by atoms with Gasteiger partial charge in [-0.3, -0.25) is 9.59 Å². The van der Waals surface area contributed by atoms with E-state index >= 15 is 0 Å². The van der Waals surface area contributed by atoms with E-state index in [1.165, 1.54) is 0 Å². The number of Topliss-reactive ketones (excluding diaryl/α,β-unsaturated/α-hetero) is 1. The second kappa shape index (κ2) is 6.98. The maximum absolute atomic E-state index is 11.3. The van der Waals surface area contributed by atoms with Gasteiger partial charge in [0.15, 0.2) is 0 Å². The molecule has 16 heavy (non-hydrogen) atoms. The summed E-state index contributed by atoms with van der Waals surface area (Å²) in [5.74, 6) is -1.50. The van der Waals surface area contributed by atoms with Gasteiger partial charge in [-0.2, -0.15) is 0 Å². The number of aliphatic carboxylic acids is 1. The highest BCUT2D eigenvalue weighted by molar-refractivity contribution is 5.85. The lowest BCUT2D eigenvalue weighted by molar-refractivity contribution is -0.142. The predicted octanol–water partition coefficient (Wildman–Crippen LogP) is 0.971. The number of carbonyl (C=O) groups excluding carboxylic acids is 2. The van der Waals surface area contributed by atoms with Crippen molar-refractivity contribution < 1.29 is 19.5 Å². The van der Waals surface area contributed by atoms with Crippen LogP contribution in [0.1, 0.15) is 40.0 Å². The van der Waals surface area contributed by atoms with Crippen LogP contribution in [0.5, 0.6) is 0 Å². The number of carboxylic acids is 1. The Balaban J connectivity index is 4.20. The Labute approximate surface area is 95.2 Å². The van der Waals surface area contributed by atoms with Crippen LogP contribution >= 0.6 is 0 Å². The first-order valence-corrected chi connectivity index (χ1v) is 5.43. The molecule has 1 amide bonds. The molecule has 0 aromatic heterocycles. The molecular formula is C11H19NO4. The zero-order valence-electron chi connectivity index (χ0n) is 9.95. The summed E-state index contributed by atoms with van der Waals surface area (Å²) in [7, 11) is 0.